The zero-order valence-electron chi connectivity index (χ0n) is 20.8. The Morgan fingerprint density at radius 2 is 1.68 bits per heavy atom. The molecule has 1 aliphatic heterocycles. The minimum absolute atomic E-state index is 0.0205. The van der Waals surface area contributed by atoms with Crippen molar-refractivity contribution in [1.29, 1.82) is 0 Å². The number of hydrogen-bond donors (Lipinski definition) is 2. The van der Waals surface area contributed by atoms with Gasteiger partial charge in [0.25, 0.3) is 0 Å². The van der Waals surface area contributed by atoms with Gasteiger partial charge < -0.3 is 4.55 Å². The summed E-state index contributed by atoms with van der Waals surface area (Å²) >= 11 is -2.36. The van der Waals surface area contributed by atoms with E-state index in [0.29, 0.717) is 17.4 Å². The Balaban J connectivity index is 0.000000786. The Kier molecular flexibility index (Phi) is 9.51. The molecule has 2 aliphatic rings. The van der Waals surface area contributed by atoms with Gasteiger partial charge in [-0.15, -0.1) is 0 Å². The molecule has 0 saturated heterocycles. The third kappa shape index (κ3) is 7.41. The van der Waals surface area contributed by atoms with E-state index in [1.54, 1.807) is 12.1 Å². The quantitative estimate of drug-likeness (QED) is 0.282. The monoisotopic (exact) mass is 554 g/mol. The number of rotatable bonds is 5. The molecule has 1 saturated carbocycles. The minimum Gasteiger partial charge on any atom is -0.760 e. The topological polar surface area (TPSA) is 123 Å². The smallest absolute Gasteiger partial charge is 0.227 e. The lowest BCUT2D eigenvalue weighted by Gasteiger charge is -2.25. The van der Waals surface area contributed by atoms with Gasteiger partial charge in [-0.2, -0.15) is 5.10 Å². The number of guanidine groups is 1. The van der Waals surface area contributed by atoms with Crippen molar-refractivity contribution in [2.24, 2.45) is 15.2 Å². The number of nitrogens with zero attached hydrogens (tertiary/aromatic N) is 3. The van der Waals surface area contributed by atoms with E-state index in [2.05, 4.69) is 22.0 Å². The molecule has 3 atom stereocenters. The summed E-state index contributed by atoms with van der Waals surface area (Å²) in [4.78, 5) is 5.58. The fraction of sp³-hybridized carbons (Fsp3) is 0.259. The first-order valence-corrected chi connectivity index (χ1v) is 14.4. The first-order valence-electron chi connectivity index (χ1n) is 12.1. The van der Waals surface area contributed by atoms with Gasteiger partial charge in [-0.25, -0.2) is 18.6 Å². The van der Waals surface area contributed by atoms with Crippen LogP contribution in [0.25, 0.3) is 0 Å². The molecule has 1 aliphatic carbocycles. The van der Waals surface area contributed by atoms with Crippen LogP contribution in [0.1, 0.15) is 41.9 Å². The maximum atomic E-state index is 13.6. The van der Waals surface area contributed by atoms with Gasteiger partial charge in [0.05, 0.1) is 23.2 Å². The average molecular weight is 555 g/mol. The molecule has 1 fully saturated rings. The summed E-state index contributed by atoms with van der Waals surface area (Å²) in [7, 11) is -1.47. The molecule has 0 aromatic heterocycles. The third-order valence-electron chi connectivity index (χ3n) is 6.30. The number of nitrogens with one attached hydrogen (secondary N) is 1. The molecule has 11 heteroatoms. The van der Waals surface area contributed by atoms with Gasteiger partial charge in [0.1, 0.15) is 5.82 Å². The van der Waals surface area contributed by atoms with Crippen LogP contribution >= 0.6 is 0 Å². The van der Waals surface area contributed by atoms with Gasteiger partial charge in [0, 0.05) is 17.2 Å². The van der Waals surface area contributed by atoms with E-state index in [0.717, 1.165) is 41.7 Å². The molecule has 0 amide bonds. The van der Waals surface area contributed by atoms with Crippen LogP contribution in [0, 0.1) is 12.7 Å². The van der Waals surface area contributed by atoms with E-state index >= 15 is 0 Å². The highest BCUT2D eigenvalue weighted by Crippen LogP contribution is 2.30. The Bertz CT molecular complexity index is 1330. The number of hydrazone groups is 1. The molecule has 0 spiro atoms. The molecule has 0 radical (unpaired) electrons. The summed E-state index contributed by atoms with van der Waals surface area (Å²) in [5.74, 6) is 0.215. The van der Waals surface area contributed by atoms with Crippen LogP contribution in [0.5, 0.6) is 0 Å². The van der Waals surface area contributed by atoms with Gasteiger partial charge in [-0.1, -0.05) is 60.2 Å². The molecule has 5 rings (SSSR count). The zero-order valence-corrected chi connectivity index (χ0v) is 22.5. The highest BCUT2D eigenvalue weighted by atomic mass is 32.2. The number of aryl methyl sites for hydroxylation is 1. The molecule has 0 bridgehead atoms. The van der Waals surface area contributed by atoms with Crippen molar-refractivity contribution in [3.8, 4) is 0 Å². The maximum Gasteiger partial charge on any atom is 0.227 e. The fourth-order valence-electron chi connectivity index (χ4n) is 4.10. The molecule has 8 nitrogen and oxygen atoms in total. The summed E-state index contributed by atoms with van der Waals surface area (Å²) in [5.41, 5.74) is 3.94. The van der Waals surface area contributed by atoms with Crippen molar-refractivity contribution in [3.05, 3.63) is 101 Å². The molecular weight excluding hydrogens is 525 g/mol. The van der Waals surface area contributed by atoms with Gasteiger partial charge >= 0.3 is 0 Å². The zero-order chi connectivity index (χ0) is 27.1. The second-order valence-electron chi connectivity index (χ2n) is 9.02. The van der Waals surface area contributed by atoms with Crippen molar-refractivity contribution < 1.29 is 17.4 Å². The van der Waals surface area contributed by atoms with Crippen LogP contribution in [-0.2, 0) is 22.3 Å². The lowest BCUT2D eigenvalue weighted by atomic mass is 9.90. The van der Waals surface area contributed by atoms with Crippen molar-refractivity contribution in [3.63, 3.8) is 0 Å². The van der Waals surface area contributed by atoms with Crippen molar-refractivity contribution in [2.75, 3.05) is 6.54 Å². The fourth-order valence-corrected chi connectivity index (χ4v) is 4.93. The summed E-state index contributed by atoms with van der Waals surface area (Å²) in [6, 6.07) is 24.4. The standard InChI is InChI=1S/C27H27FN4OS.H3NO2S/c1-19-10-16-24(17-11-19)34(33)31-27(29-23-8-5-9-23)32-18-25(20-6-3-2-4-7-20)26(30-32)21-12-14-22(28)15-13-21;1-4(2)3/h2-4,6-7,10-17,23,25H,5,8-9,18H2,1H3,(H,29,31);1H2,(H,2,3)/p-1. The molecule has 38 heavy (non-hydrogen) atoms. The first kappa shape index (κ1) is 27.8. The van der Waals surface area contributed by atoms with E-state index in [9.17, 15) is 8.60 Å². The minimum atomic E-state index is -2.36. The summed E-state index contributed by atoms with van der Waals surface area (Å²) in [6.45, 7) is 2.56. The van der Waals surface area contributed by atoms with Crippen molar-refractivity contribution in [1.82, 2.24) is 9.73 Å². The molecule has 3 aromatic rings. The van der Waals surface area contributed by atoms with E-state index in [1.807, 2.05) is 54.4 Å². The molecule has 3 aromatic carbocycles. The molecule has 3 unspecified atom stereocenters. The van der Waals surface area contributed by atoms with Crippen LogP contribution in [0.4, 0.5) is 4.39 Å². The summed E-state index contributed by atoms with van der Waals surface area (Å²) in [6.07, 6.45) is 3.19. The van der Waals surface area contributed by atoms with Crippen molar-refractivity contribution in [2.45, 2.75) is 43.0 Å². The third-order valence-corrected chi connectivity index (χ3v) is 7.37. The number of halogens is 1. The van der Waals surface area contributed by atoms with E-state index in [-0.39, 0.29) is 17.8 Å². The highest BCUT2D eigenvalue weighted by molar-refractivity contribution is 7.83. The van der Waals surface area contributed by atoms with Crippen LogP contribution < -0.4 is 9.86 Å². The molecule has 200 valence electrons. The SMILES string of the molecule is Cc1ccc(S(=O)NC(=NC2CCC2)N2CC(c3ccccc3)C(c3ccc(F)cc3)=N2)cc1.NS(=O)[O-]. The Hall–Kier alpha value is -3.25. The predicted octanol–water partition coefficient (Wildman–Crippen LogP) is 3.90. The average Bonchev–Trinajstić information content (AvgIpc) is 3.32. The summed E-state index contributed by atoms with van der Waals surface area (Å²) in [5, 5.41) is 10.8. The van der Waals surface area contributed by atoms with Gasteiger partial charge in [0.2, 0.25) is 5.96 Å². The largest absolute Gasteiger partial charge is 0.760 e. The van der Waals surface area contributed by atoms with Crippen LogP contribution in [0.2, 0.25) is 0 Å². The Morgan fingerprint density at radius 1 is 1.05 bits per heavy atom. The van der Waals surface area contributed by atoms with Crippen LogP contribution in [0.15, 0.2) is 93.9 Å². The highest BCUT2D eigenvalue weighted by Gasteiger charge is 2.33. The normalized spacial score (nSPS) is 19.1. The van der Waals surface area contributed by atoms with E-state index in [1.165, 1.54) is 12.1 Å². The first-order chi connectivity index (χ1) is 18.3. The predicted molar refractivity (Wildman–Crippen MR) is 148 cm³/mol. The van der Waals surface area contributed by atoms with Crippen LogP contribution in [-0.4, -0.2) is 42.2 Å². The van der Waals surface area contributed by atoms with Gasteiger partial charge in [0.15, 0.2) is 11.0 Å². The number of aliphatic imine (C=N–C) groups is 1. The van der Waals surface area contributed by atoms with Gasteiger partial charge in [-0.3, -0.25) is 14.1 Å². The second kappa shape index (κ2) is 13.0. The maximum absolute atomic E-state index is 13.6. The lowest BCUT2D eigenvalue weighted by molar-refractivity contribution is 0.400. The number of nitrogens with two attached hydrogens (primary N) is 1. The molecular formula is C27H29FN5O3S2-. The van der Waals surface area contributed by atoms with E-state index in [4.69, 9.17) is 18.9 Å². The Labute approximate surface area is 226 Å². The Morgan fingerprint density at radius 3 is 2.26 bits per heavy atom. The van der Waals surface area contributed by atoms with E-state index < -0.39 is 22.3 Å². The lowest BCUT2D eigenvalue weighted by Crippen LogP contribution is -2.40. The molecule has 3 N–H and O–H groups in total. The van der Waals surface area contributed by atoms with Gasteiger partial charge in [-0.05, 0) is 61.6 Å². The molecule has 1 heterocycles. The number of benzene rings is 3. The van der Waals surface area contributed by atoms with Crippen LogP contribution in [0.3, 0.4) is 0 Å². The van der Waals surface area contributed by atoms with Crippen molar-refractivity contribution >= 4 is 33.9 Å². The second-order valence-corrected chi connectivity index (χ2v) is 10.8. The summed E-state index contributed by atoms with van der Waals surface area (Å²) < 4.78 is 47.4. The number of hydrogen-bond acceptors (Lipinski definition) is 5.